The number of carboxylic acids is 1. The maximum atomic E-state index is 12.1. The van der Waals surface area contributed by atoms with Gasteiger partial charge in [0.05, 0.1) is 0 Å². The third kappa shape index (κ3) is 3.46. The molecular weight excluding hydrogens is 248 g/mol. The molecule has 0 spiro atoms. The molecule has 0 bridgehead atoms. The molecular formula is C12H18N4O3. The number of nitrogens with zero attached hydrogens (tertiary/aromatic N) is 3. The Morgan fingerprint density at radius 1 is 1.53 bits per heavy atom. The molecule has 1 saturated carbocycles. The molecule has 0 radical (unpaired) electrons. The van der Waals surface area contributed by atoms with Crippen molar-refractivity contribution in [3.05, 3.63) is 12.3 Å². The van der Waals surface area contributed by atoms with Gasteiger partial charge in [-0.1, -0.05) is 12.8 Å². The first-order valence-electron chi connectivity index (χ1n) is 6.35. The lowest BCUT2D eigenvalue weighted by Crippen LogP contribution is -2.44. The lowest BCUT2D eigenvalue weighted by atomic mass is 10.2. The molecule has 1 aliphatic carbocycles. The van der Waals surface area contributed by atoms with Gasteiger partial charge >= 0.3 is 12.0 Å². The number of aliphatic carboxylic acids is 1. The van der Waals surface area contributed by atoms with E-state index in [1.807, 2.05) is 0 Å². The smallest absolute Gasteiger partial charge is 0.323 e. The Morgan fingerprint density at radius 3 is 2.74 bits per heavy atom. The van der Waals surface area contributed by atoms with Crippen molar-refractivity contribution in [1.29, 1.82) is 0 Å². The van der Waals surface area contributed by atoms with Crippen molar-refractivity contribution in [2.75, 3.05) is 11.9 Å². The van der Waals surface area contributed by atoms with E-state index in [0.29, 0.717) is 5.82 Å². The summed E-state index contributed by atoms with van der Waals surface area (Å²) in [5.41, 5.74) is 0. The van der Waals surface area contributed by atoms with Gasteiger partial charge in [0.15, 0.2) is 5.82 Å². The molecule has 2 rings (SSSR count). The summed E-state index contributed by atoms with van der Waals surface area (Å²) >= 11 is 0. The first-order chi connectivity index (χ1) is 9.06. The zero-order valence-electron chi connectivity index (χ0n) is 10.9. The SMILES string of the molecule is Cn1ccc(NC(=O)N(CC(=O)O)C2CCCC2)n1. The van der Waals surface area contributed by atoms with Crippen LogP contribution in [-0.2, 0) is 11.8 Å². The molecule has 0 saturated heterocycles. The lowest BCUT2D eigenvalue weighted by molar-refractivity contribution is -0.138. The number of nitrogens with one attached hydrogen (secondary N) is 1. The summed E-state index contributed by atoms with van der Waals surface area (Å²) in [5.74, 6) is -0.566. The van der Waals surface area contributed by atoms with Gasteiger partial charge in [0.25, 0.3) is 0 Å². The highest BCUT2D eigenvalue weighted by Crippen LogP contribution is 2.23. The maximum absolute atomic E-state index is 12.1. The minimum absolute atomic E-state index is 0.0137. The number of anilines is 1. The predicted molar refractivity (Wildman–Crippen MR) is 68.8 cm³/mol. The second-order valence-electron chi connectivity index (χ2n) is 4.76. The van der Waals surface area contributed by atoms with Gasteiger partial charge in [-0.3, -0.25) is 14.8 Å². The van der Waals surface area contributed by atoms with Crippen LogP contribution in [0.2, 0.25) is 0 Å². The highest BCUT2D eigenvalue weighted by Gasteiger charge is 2.28. The molecule has 1 aromatic rings. The highest BCUT2D eigenvalue weighted by atomic mass is 16.4. The predicted octanol–water partition coefficient (Wildman–Crippen LogP) is 1.28. The van der Waals surface area contributed by atoms with E-state index in [1.54, 1.807) is 24.0 Å². The molecule has 2 amide bonds. The molecule has 0 aromatic carbocycles. The topological polar surface area (TPSA) is 87.5 Å². The largest absolute Gasteiger partial charge is 0.480 e. The van der Waals surface area contributed by atoms with Crippen molar-refractivity contribution in [1.82, 2.24) is 14.7 Å². The first kappa shape index (κ1) is 13.4. The Hall–Kier alpha value is -2.05. The summed E-state index contributed by atoms with van der Waals surface area (Å²) in [4.78, 5) is 24.4. The van der Waals surface area contributed by atoms with Crippen LogP contribution in [-0.4, -0.2) is 44.4 Å². The van der Waals surface area contributed by atoms with E-state index in [1.165, 1.54) is 4.90 Å². The average Bonchev–Trinajstić information content (AvgIpc) is 2.97. The molecule has 0 aliphatic heterocycles. The Morgan fingerprint density at radius 2 is 2.21 bits per heavy atom. The number of amides is 2. The number of hydrogen-bond donors (Lipinski definition) is 2. The Balaban J connectivity index is 2.04. The fourth-order valence-corrected chi connectivity index (χ4v) is 2.39. The van der Waals surface area contributed by atoms with Gasteiger partial charge in [-0.2, -0.15) is 5.10 Å². The summed E-state index contributed by atoms with van der Waals surface area (Å²) < 4.78 is 1.58. The van der Waals surface area contributed by atoms with Gasteiger partial charge < -0.3 is 10.0 Å². The monoisotopic (exact) mass is 266 g/mol. The van der Waals surface area contributed by atoms with Crippen LogP contribution in [0.15, 0.2) is 12.3 Å². The van der Waals surface area contributed by atoms with Gasteiger partial charge in [-0.15, -0.1) is 0 Å². The van der Waals surface area contributed by atoms with Gasteiger partial charge in [-0.25, -0.2) is 4.79 Å². The number of carboxylic acid groups (broad SMARTS) is 1. The fraction of sp³-hybridized carbons (Fsp3) is 0.583. The number of carbonyl (C=O) groups excluding carboxylic acids is 1. The molecule has 1 fully saturated rings. The van der Waals surface area contributed by atoms with Crippen molar-refractivity contribution < 1.29 is 14.7 Å². The molecule has 7 heteroatoms. The Labute approximate surface area is 111 Å². The lowest BCUT2D eigenvalue weighted by Gasteiger charge is -2.27. The third-order valence-corrected chi connectivity index (χ3v) is 3.28. The fourth-order valence-electron chi connectivity index (χ4n) is 2.39. The normalized spacial score (nSPS) is 15.4. The molecule has 0 unspecified atom stereocenters. The van der Waals surface area contributed by atoms with Crippen molar-refractivity contribution in [2.24, 2.45) is 7.05 Å². The summed E-state index contributed by atoms with van der Waals surface area (Å²) in [6.07, 6.45) is 5.52. The van der Waals surface area contributed by atoms with Crippen LogP contribution in [0, 0.1) is 0 Å². The number of aryl methyl sites for hydroxylation is 1. The van der Waals surface area contributed by atoms with Crippen LogP contribution in [0.4, 0.5) is 10.6 Å². The minimum Gasteiger partial charge on any atom is -0.480 e. The second kappa shape index (κ2) is 5.73. The van der Waals surface area contributed by atoms with Gasteiger partial charge in [0.1, 0.15) is 6.54 Å². The Kier molecular flexibility index (Phi) is 4.03. The highest BCUT2D eigenvalue weighted by molar-refractivity contribution is 5.90. The van der Waals surface area contributed by atoms with Crippen LogP contribution in [0.1, 0.15) is 25.7 Å². The molecule has 1 aliphatic rings. The van der Waals surface area contributed by atoms with E-state index in [0.717, 1.165) is 25.7 Å². The van der Waals surface area contributed by atoms with Crippen molar-refractivity contribution in [3.63, 3.8) is 0 Å². The maximum Gasteiger partial charge on any atom is 0.323 e. The first-order valence-corrected chi connectivity index (χ1v) is 6.35. The standard InChI is InChI=1S/C12H18N4O3/c1-15-7-6-10(14-15)13-12(19)16(8-11(17)18)9-4-2-3-5-9/h6-7,9H,2-5,8H2,1H3,(H,17,18)(H,13,14,19). The zero-order chi connectivity index (χ0) is 13.8. The van der Waals surface area contributed by atoms with Crippen LogP contribution in [0.3, 0.4) is 0 Å². The van der Waals surface area contributed by atoms with Crippen molar-refractivity contribution in [3.8, 4) is 0 Å². The van der Waals surface area contributed by atoms with Crippen molar-refractivity contribution >= 4 is 17.8 Å². The Bertz CT molecular complexity index is 465. The zero-order valence-corrected chi connectivity index (χ0v) is 10.9. The van der Waals surface area contributed by atoms with Crippen LogP contribution in [0.25, 0.3) is 0 Å². The van der Waals surface area contributed by atoms with E-state index >= 15 is 0 Å². The number of carbonyl (C=O) groups is 2. The number of rotatable bonds is 4. The molecule has 7 nitrogen and oxygen atoms in total. The van der Waals surface area contributed by atoms with E-state index < -0.39 is 12.0 Å². The number of hydrogen-bond acceptors (Lipinski definition) is 3. The molecule has 1 heterocycles. The van der Waals surface area contributed by atoms with Crippen LogP contribution < -0.4 is 5.32 Å². The minimum atomic E-state index is -0.997. The molecule has 1 aromatic heterocycles. The number of urea groups is 1. The molecule has 19 heavy (non-hydrogen) atoms. The van der Waals surface area contributed by atoms with E-state index in [-0.39, 0.29) is 12.6 Å². The second-order valence-corrected chi connectivity index (χ2v) is 4.76. The summed E-state index contributed by atoms with van der Waals surface area (Å²) in [7, 11) is 1.75. The van der Waals surface area contributed by atoms with Gasteiger partial charge in [-0.05, 0) is 12.8 Å². The van der Waals surface area contributed by atoms with Crippen LogP contribution >= 0.6 is 0 Å². The van der Waals surface area contributed by atoms with E-state index in [2.05, 4.69) is 10.4 Å². The summed E-state index contributed by atoms with van der Waals surface area (Å²) in [6.45, 7) is -0.274. The molecule has 2 N–H and O–H groups in total. The third-order valence-electron chi connectivity index (χ3n) is 3.28. The van der Waals surface area contributed by atoms with Crippen LogP contribution in [0.5, 0.6) is 0 Å². The van der Waals surface area contributed by atoms with Gasteiger partial charge in [0, 0.05) is 25.4 Å². The van der Waals surface area contributed by atoms with Crippen molar-refractivity contribution in [2.45, 2.75) is 31.7 Å². The average molecular weight is 266 g/mol. The molecule has 0 atom stereocenters. The van der Waals surface area contributed by atoms with E-state index in [4.69, 9.17) is 5.11 Å². The van der Waals surface area contributed by atoms with Gasteiger partial charge in [0.2, 0.25) is 0 Å². The summed E-state index contributed by atoms with van der Waals surface area (Å²) in [6, 6.07) is 1.29. The summed E-state index contributed by atoms with van der Waals surface area (Å²) in [5, 5.41) is 15.6. The molecule has 104 valence electrons. The quantitative estimate of drug-likeness (QED) is 0.859. The van der Waals surface area contributed by atoms with E-state index in [9.17, 15) is 9.59 Å². The number of aromatic nitrogens is 2.